The number of rotatable bonds is 7. The molecule has 2 unspecified atom stereocenters. The van der Waals surface area contributed by atoms with Crippen LogP contribution in [-0.2, 0) is 14.3 Å². The molecule has 0 aromatic rings. The molecule has 1 rings (SSSR count). The number of hydrogen-bond donors (Lipinski definition) is 2. The second-order valence-electron chi connectivity index (χ2n) is 4.62. The number of nitrogens with one attached hydrogen (secondary N) is 1. The molecule has 1 aliphatic rings. The molecule has 1 heterocycles. The van der Waals surface area contributed by atoms with E-state index in [-0.39, 0.29) is 24.4 Å². The third-order valence-electron chi connectivity index (χ3n) is 3.21. The second-order valence-corrected chi connectivity index (χ2v) is 4.62. The summed E-state index contributed by atoms with van der Waals surface area (Å²) in [6, 6.07) is 0.0227. The molecule has 0 aromatic carbocycles. The van der Waals surface area contributed by atoms with Crippen molar-refractivity contribution in [3.8, 4) is 0 Å². The van der Waals surface area contributed by atoms with Crippen molar-refractivity contribution >= 4 is 11.8 Å². The zero-order chi connectivity index (χ0) is 13.5. The molecule has 2 amide bonds. The predicted octanol–water partition coefficient (Wildman–Crippen LogP) is -0.665. The highest BCUT2D eigenvalue weighted by molar-refractivity contribution is 5.85. The van der Waals surface area contributed by atoms with E-state index in [9.17, 15) is 9.59 Å². The van der Waals surface area contributed by atoms with Crippen molar-refractivity contribution in [3.05, 3.63) is 0 Å². The molecule has 1 aliphatic heterocycles. The third-order valence-corrected chi connectivity index (χ3v) is 3.21. The van der Waals surface area contributed by atoms with Crippen molar-refractivity contribution in [2.24, 2.45) is 11.7 Å². The highest BCUT2D eigenvalue weighted by Gasteiger charge is 2.35. The van der Waals surface area contributed by atoms with Gasteiger partial charge in [-0.05, 0) is 13.5 Å². The second kappa shape index (κ2) is 7.33. The Morgan fingerprint density at radius 3 is 2.72 bits per heavy atom. The summed E-state index contributed by atoms with van der Waals surface area (Å²) < 4.78 is 5.32. The van der Waals surface area contributed by atoms with E-state index in [0.717, 1.165) is 12.8 Å². The van der Waals surface area contributed by atoms with Crippen LogP contribution in [0.3, 0.4) is 0 Å². The van der Waals surface area contributed by atoms with Crippen molar-refractivity contribution in [1.29, 1.82) is 0 Å². The summed E-state index contributed by atoms with van der Waals surface area (Å²) >= 11 is 0. The minimum Gasteiger partial charge on any atom is -0.379 e. The quantitative estimate of drug-likeness (QED) is 0.634. The number of nitrogens with two attached hydrogens (primary N) is 1. The van der Waals surface area contributed by atoms with Crippen LogP contribution in [0.1, 0.15) is 19.8 Å². The van der Waals surface area contributed by atoms with Crippen LogP contribution in [0.25, 0.3) is 0 Å². The summed E-state index contributed by atoms with van der Waals surface area (Å²) in [6.45, 7) is 3.55. The summed E-state index contributed by atoms with van der Waals surface area (Å²) in [5.41, 5.74) is 5.19. The van der Waals surface area contributed by atoms with Crippen LogP contribution in [0.15, 0.2) is 0 Å². The van der Waals surface area contributed by atoms with Gasteiger partial charge in [-0.25, -0.2) is 0 Å². The lowest BCUT2D eigenvalue weighted by molar-refractivity contribution is -0.139. The summed E-state index contributed by atoms with van der Waals surface area (Å²) in [6.07, 6.45) is 1.84. The largest absolute Gasteiger partial charge is 0.379 e. The topological polar surface area (TPSA) is 84.7 Å². The number of unbranched alkanes of at least 4 members (excludes halogenated alkanes) is 1. The maximum atomic E-state index is 12.4. The van der Waals surface area contributed by atoms with E-state index >= 15 is 0 Å². The van der Waals surface area contributed by atoms with E-state index in [0.29, 0.717) is 19.8 Å². The lowest BCUT2D eigenvalue weighted by atomic mass is 10.0. The van der Waals surface area contributed by atoms with Gasteiger partial charge in [0, 0.05) is 12.6 Å². The van der Waals surface area contributed by atoms with Gasteiger partial charge in [-0.15, -0.1) is 0 Å². The average molecular weight is 257 g/mol. The molecule has 0 aromatic heterocycles. The Kier molecular flexibility index (Phi) is 6.07. The molecule has 2 atom stereocenters. The first-order valence-corrected chi connectivity index (χ1v) is 6.42. The molecule has 0 radical (unpaired) electrons. The van der Waals surface area contributed by atoms with Crippen molar-refractivity contribution in [3.63, 3.8) is 0 Å². The molecule has 0 spiro atoms. The SMILES string of the molecule is CCCCN(CC(N)=O)C(=O)C1COCC1NC. The molecule has 6 nitrogen and oxygen atoms in total. The number of carbonyl (C=O) groups is 2. The standard InChI is InChI=1S/C12H23N3O3/c1-3-4-5-15(6-11(13)16)12(17)9-7-18-8-10(9)14-2/h9-10,14H,3-8H2,1-2H3,(H2,13,16). The summed E-state index contributed by atoms with van der Waals surface area (Å²) in [4.78, 5) is 24.9. The van der Waals surface area contributed by atoms with Crippen LogP contribution in [0.5, 0.6) is 0 Å². The molecule has 0 bridgehead atoms. The lowest BCUT2D eigenvalue weighted by Crippen LogP contribution is -2.47. The van der Waals surface area contributed by atoms with E-state index in [1.165, 1.54) is 0 Å². The maximum Gasteiger partial charge on any atom is 0.237 e. The number of primary amides is 1. The number of nitrogens with zero attached hydrogens (tertiary/aromatic N) is 1. The Morgan fingerprint density at radius 2 is 2.17 bits per heavy atom. The zero-order valence-corrected chi connectivity index (χ0v) is 11.1. The molecule has 1 saturated heterocycles. The van der Waals surface area contributed by atoms with Gasteiger partial charge in [0.2, 0.25) is 11.8 Å². The lowest BCUT2D eigenvalue weighted by Gasteiger charge is -2.26. The smallest absolute Gasteiger partial charge is 0.237 e. The minimum absolute atomic E-state index is 0.00817. The average Bonchev–Trinajstić information content (AvgIpc) is 2.81. The number of ether oxygens (including phenoxy) is 1. The van der Waals surface area contributed by atoms with Gasteiger partial charge in [-0.1, -0.05) is 13.3 Å². The molecule has 3 N–H and O–H groups in total. The van der Waals surface area contributed by atoms with Crippen LogP contribution >= 0.6 is 0 Å². The fourth-order valence-electron chi connectivity index (χ4n) is 2.12. The molecular weight excluding hydrogens is 234 g/mol. The maximum absolute atomic E-state index is 12.4. The van der Waals surface area contributed by atoms with E-state index < -0.39 is 5.91 Å². The molecule has 1 fully saturated rings. The van der Waals surface area contributed by atoms with E-state index in [4.69, 9.17) is 10.5 Å². The molecule has 18 heavy (non-hydrogen) atoms. The number of hydrogen-bond acceptors (Lipinski definition) is 4. The third kappa shape index (κ3) is 3.96. The van der Waals surface area contributed by atoms with Crippen LogP contribution < -0.4 is 11.1 Å². The molecule has 0 saturated carbocycles. The Labute approximate surface area is 108 Å². The first-order valence-electron chi connectivity index (χ1n) is 6.42. The van der Waals surface area contributed by atoms with Crippen LogP contribution in [0.4, 0.5) is 0 Å². The van der Waals surface area contributed by atoms with E-state index in [1.807, 2.05) is 14.0 Å². The predicted molar refractivity (Wildman–Crippen MR) is 67.8 cm³/mol. The van der Waals surface area contributed by atoms with Crippen molar-refractivity contribution < 1.29 is 14.3 Å². The summed E-state index contributed by atoms with van der Waals surface area (Å²) in [5.74, 6) is -0.732. The van der Waals surface area contributed by atoms with Crippen LogP contribution in [-0.4, -0.2) is 56.1 Å². The minimum atomic E-state index is -0.473. The van der Waals surface area contributed by atoms with Gasteiger partial charge in [0.1, 0.15) is 0 Å². The van der Waals surface area contributed by atoms with Gasteiger partial charge in [0.25, 0.3) is 0 Å². The zero-order valence-electron chi connectivity index (χ0n) is 11.1. The van der Waals surface area contributed by atoms with Crippen LogP contribution in [0, 0.1) is 5.92 Å². The van der Waals surface area contributed by atoms with E-state index in [2.05, 4.69) is 5.32 Å². The van der Waals surface area contributed by atoms with Gasteiger partial charge < -0.3 is 20.7 Å². The van der Waals surface area contributed by atoms with Gasteiger partial charge in [-0.3, -0.25) is 9.59 Å². The Morgan fingerprint density at radius 1 is 1.44 bits per heavy atom. The Bertz CT molecular complexity index is 296. The fourth-order valence-corrected chi connectivity index (χ4v) is 2.12. The Balaban J connectivity index is 2.64. The molecule has 6 heteroatoms. The summed E-state index contributed by atoms with van der Waals surface area (Å²) in [5, 5.41) is 3.07. The summed E-state index contributed by atoms with van der Waals surface area (Å²) in [7, 11) is 1.81. The van der Waals surface area contributed by atoms with Gasteiger partial charge >= 0.3 is 0 Å². The Hall–Kier alpha value is -1.14. The van der Waals surface area contributed by atoms with Gasteiger partial charge in [-0.2, -0.15) is 0 Å². The highest BCUT2D eigenvalue weighted by Crippen LogP contribution is 2.16. The number of carbonyl (C=O) groups excluding carboxylic acids is 2. The van der Waals surface area contributed by atoms with Crippen LogP contribution in [0.2, 0.25) is 0 Å². The number of likely N-dealkylation sites (N-methyl/N-ethyl adjacent to an activating group) is 1. The van der Waals surface area contributed by atoms with Crippen molar-refractivity contribution in [1.82, 2.24) is 10.2 Å². The monoisotopic (exact) mass is 257 g/mol. The number of amides is 2. The first-order chi connectivity index (χ1) is 8.60. The van der Waals surface area contributed by atoms with Gasteiger partial charge in [0.15, 0.2) is 0 Å². The molecular formula is C12H23N3O3. The van der Waals surface area contributed by atoms with Crippen molar-refractivity contribution in [2.45, 2.75) is 25.8 Å². The molecule has 0 aliphatic carbocycles. The first kappa shape index (κ1) is 14.9. The molecule has 104 valence electrons. The highest BCUT2D eigenvalue weighted by atomic mass is 16.5. The van der Waals surface area contributed by atoms with Gasteiger partial charge in [0.05, 0.1) is 25.7 Å². The normalized spacial score (nSPS) is 23.0. The van der Waals surface area contributed by atoms with Crippen molar-refractivity contribution in [2.75, 3.05) is 33.4 Å². The fraction of sp³-hybridized carbons (Fsp3) is 0.833. The van der Waals surface area contributed by atoms with E-state index in [1.54, 1.807) is 4.90 Å².